The Kier molecular flexibility index (Phi) is 13.2. The van der Waals surface area contributed by atoms with Gasteiger partial charge in [0, 0.05) is 50.7 Å². The zero-order chi connectivity index (χ0) is 42.7. The number of methoxy groups -OCH3 is 2. The Morgan fingerprint density at radius 3 is 1.67 bits per heavy atom. The van der Waals surface area contributed by atoms with Gasteiger partial charge >= 0.3 is 0 Å². The zero-order valence-electron chi connectivity index (χ0n) is 35.4. The number of fused-ring (bicyclic) bond motifs is 4. The first kappa shape index (κ1) is 43.2. The third kappa shape index (κ3) is 9.35. The molecule has 7 rings (SSSR count). The van der Waals surface area contributed by atoms with Gasteiger partial charge in [-0.05, 0) is 80.6 Å². The van der Waals surface area contributed by atoms with Gasteiger partial charge in [0.2, 0.25) is 0 Å². The van der Waals surface area contributed by atoms with Gasteiger partial charge in [0.25, 0.3) is 11.8 Å². The van der Waals surface area contributed by atoms with E-state index in [0.717, 1.165) is 30.5 Å². The number of benzene rings is 3. The Morgan fingerprint density at radius 1 is 0.750 bits per heavy atom. The predicted octanol–water partition coefficient (Wildman–Crippen LogP) is 8.14. The number of rotatable bonds is 15. The number of likely N-dealkylation sites (N-methyl/N-ethyl adjacent to an activating group) is 1. The summed E-state index contributed by atoms with van der Waals surface area (Å²) in [4.78, 5) is 42.7. The number of ether oxygens (including phenoxy) is 5. The van der Waals surface area contributed by atoms with Crippen LogP contribution in [0.4, 0.5) is 11.4 Å². The maximum atomic E-state index is 13.7. The Bertz CT molecular complexity index is 2120. The third-order valence-corrected chi connectivity index (χ3v) is 13.0. The van der Waals surface area contributed by atoms with Gasteiger partial charge in [-0.1, -0.05) is 37.1 Å². The lowest BCUT2D eigenvalue weighted by atomic mass is 9.95. The van der Waals surface area contributed by atoms with Crippen molar-refractivity contribution in [3.63, 3.8) is 0 Å². The molecule has 0 unspecified atom stereocenters. The molecule has 3 aromatic carbocycles. The summed E-state index contributed by atoms with van der Waals surface area (Å²) >= 11 is 9.12. The smallest absolute Gasteiger partial charge is 0.257 e. The van der Waals surface area contributed by atoms with Crippen LogP contribution in [0, 0.1) is 5.41 Å². The monoisotopic (exact) mass is 853 g/mol. The molecule has 4 aliphatic rings. The molecule has 0 bridgehead atoms. The molecule has 0 aliphatic carbocycles. The van der Waals surface area contributed by atoms with Crippen LogP contribution in [-0.2, 0) is 13.2 Å². The number of hydrogen-bond acceptors (Lipinski definition) is 12. The van der Waals surface area contributed by atoms with E-state index in [1.54, 1.807) is 38.5 Å². The molecular formula is C46H55N5O7S2. The highest BCUT2D eigenvalue weighted by Crippen LogP contribution is 2.41. The van der Waals surface area contributed by atoms with Crippen LogP contribution in [0.1, 0.15) is 72.4 Å². The fourth-order valence-electron chi connectivity index (χ4n) is 8.01. The van der Waals surface area contributed by atoms with Gasteiger partial charge < -0.3 is 38.4 Å². The number of nitrogens with zero attached hydrogens (tertiary/aromatic N) is 5. The Hall–Kier alpha value is -4.92. The van der Waals surface area contributed by atoms with Crippen molar-refractivity contribution in [2.45, 2.75) is 70.4 Å². The first-order valence-corrected chi connectivity index (χ1v) is 21.3. The minimum atomic E-state index is -0.104. The normalized spacial score (nSPS) is 19.7. The summed E-state index contributed by atoms with van der Waals surface area (Å²) in [5.41, 5.74) is 6.01. The first-order valence-electron chi connectivity index (χ1n) is 20.3. The van der Waals surface area contributed by atoms with E-state index >= 15 is 0 Å². The molecular weight excluding hydrogens is 799 g/mol. The molecule has 0 radical (unpaired) electrons. The average molecular weight is 854 g/mol. The van der Waals surface area contributed by atoms with Crippen molar-refractivity contribution < 1.29 is 33.3 Å². The topological polar surface area (TPSA) is 115 Å². The highest BCUT2D eigenvalue weighted by atomic mass is 32.2. The number of allylic oxidation sites excluding steroid dienone is 2. The van der Waals surface area contributed by atoms with E-state index in [1.165, 1.54) is 11.1 Å². The molecule has 4 heterocycles. The zero-order valence-corrected chi connectivity index (χ0v) is 37.2. The quantitative estimate of drug-likeness (QED) is 0.0896. The molecule has 2 fully saturated rings. The lowest BCUT2D eigenvalue weighted by Gasteiger charge is -2.32. The lowest BCUT2D eigenvalue weighted by molar-refractivity contribution is 0.0769. The second-order valence-corrected chi connectivity index (χ2v) is 17.9. The number of thiol groups is 2. The van der Waals surface area contributed by atoms with Crippen molar-refractivity contribution in [3.8, 4) is 28.7 Å². The summed E-state index contributed by atoms with van der Waals surface area (Å²) in [6, 6.07) is 12.7. The second-order valence-electron chi connectivity index (χ2n) is 16.4. The standard InChI is InChI=1S/C46H55N5O7S2/c1-8-28-13-32-21-47-37-19-41(39(54-6)17-35(37)43(52)50(32)23-28)57-25-30-12-31(16-34(15-30)56-11-10-49(5)27-46(3,4)45(59)60)26-58-42-20-38-36(18-40(42)55-7)44(53)51-24-29(9-2)14-33(51)22-48-38/h8-9,12,15-22,32-33,45,59-60H,10-11,13-14,23-27H2,1-7H3/b28-8+,29-9+/t32-,33-/m0/s1. The SMILES string of the molecule is C/C=C1\C[C@H]2C=Nc3cc(OCc4cc(COc5cc6c(cc5OC)C(=O)N5C/C(=C/C)C[C@H]5C=N6)cc(OCCN(C)CC(C)(C)C(S)S)c4)c(OC)cc3C(=O)N2C1. The van der Waals surface area contributed by atoms with Gasteiger partial charge in [0.05, 0.1) is 53.4 Å². The molecule has 14 heteroatoms. The Morgan fingerprint density at radius 2 is 1.23 bits per heavy atom. The van der Waals surface area contributed by atoms with Gasteiger partial charge in [-0.25, -0.2) is 0 Å². The van der Waals surface area contributed by atoms with Crippen LogP contribution in [-0.4, -0.2) is 110 Å². The number of carbonyl (C=O) groups excluding carboxylic acids is 2. The highest BCUT2D eigenvalue weighted by Gasteiger charge is 2.36. The average Bonchev–Trinajstić information content (AvgIpc) is 3.80. The Balaban J connectivity index is 1.12. The molecule has 4 aliphatic heterocycles. The molecule has 2 saturated heterocycles. The van der Waals surface area contributed by atoms with E-state index in [9.17, 15) is 9.59 Å². The van der Waals surface area contributed by atoms with Crippen molar-refractivity contribution in [1.29, 1.82) is 0 Å². The predicted molar refractivity (Wildman–Crippen MR) is 242 cm³/mol. The third-order valence-electron chi connectivity index (χ3n) is 11.6. The summed E-state index contributed by atoms with van der Waals surface area (Å²) < 4.78 is 30.6. The van der Waals surface area contributed by atoms with Crippen LogP contribution in [0.3, 0.4) is 0 Å². The molecule has 318 valence electrons. The number of aliphatic imine (C=N–C) groups is 2. The van der Waals surface area contributed by atoms with Crippen molar-refractivity contribution in [2.75, 3.05) is 54.1 Å². The van der Waals surface area contributed by atoms with E-state index in [2.05, 4.69) is 63.2 Å². The van der Waals surface area contributed by atoms with Crippen LogP contribution in [0.15, 0.2) is 75.7 Å². The van der Waals surface area contributed by atoms with Crippen LogP contribution in [0.5, 0.6) is 28.7 Å². The minimum Gasteiger partial charge on any atom is -0.493 e. The minimum absolute atomic E-state index is 0.0659. The number of amides is 2. The molecule has 3 aromatic rings. The van der Waals surface area contributed by atoms with E-state index in [1.807, 2.05) is 54.3 Å². The van der Waals surface area contributed by atoms with Gasteiger partial charge in [-0.2, -0.15) is 25.3 Å². The number of carbonyl (C=O) groups is 2. The molecule has 0 aromatic heterocycles. The van der Waals surface area contributed by atoms with Crippen LogP contribution in [0.25, 0.3) is 0 Å². The lowest BCUT2D eigenvalue weighted by Crippen LogP contribution is -2.37. The molecule has 2 amide bonds. The second kappa shape index (κ2) is 18.4. The molecule has 12 nitrogen and oxygen atoms in total. The molecule has 60 heavy (non-hydrogen) atoms. The van der Waals surface area contributed by atoms with Gasteiger partial charge in [0.1, 0.15) is 25.6 Å². The number of hydrogen-bond donors (Lipinski definition) is 2. The molecule has 0 saturated carbocycles. The molecule has 0 spiro atoms. The van der Waals surface area contributed by atoms with E-state index in [0.29, 0.717) is 77.5 Å². The van der Waals surface area contributed by atoms with Gasteiger partial charge in [-0.15, -0.1) is 0 Å². The Labute approximate surface area is 364 Å². The summed E-state index contributed by atoms with van der Waals surface area (Å²) in [5.74, 6) is 2.29. The fourth-order valence-corrected chi connectivity index (χ4v) is 8.17. The maximum absolute atomic E-state index is 13.7. The molecule has 0 N–H and O–H groups in total. The van der Waals surface area contributed by atoms with E-state index < -0.39 is 0 Å². The summed E-state index contributed by atoms with van der Waals surface area (Å²) in [6.45, 7) is 11.7. The van der Waals surface area contributed by atoms with Crippen molar-refractivity contribution in [1.82, 2.24) is 14.7 Å². The first-order chi connectivity index (χ1) is 28.8. The van der Waals surface area contributed by atoms with E-state index in [-0.39, 0.29) is 47.1 Å². The highest BCUT2D eigenvalue weighted by molar-refractivity contribution is 7.99. The fraction of sp³-hybridized carbons (Fsp3) is 0.435. The van der Waals surface area contributed by atoms with Crippen molar-refractivity contribution in [3.05, 3.63) is 88.0 Å². The molecule has 2 atom stereocenters. The summed E-state index contributed by atoms with van der Waals surface area (Å²) in [5, 5.41) is 0. The van der Waals surface area contributed by atoms with Crippen LogP contribution >= 0.6 is 25.3 Å². The van der Waals surface area contributed by atoms with Gasteiger partial charge in [-0.3, -0.25) is 19.6 Å². The van der Waals surface area contributed by atoms with Gasteiger partial charge in [0.15, 0.2) is 23.0 Å². The van der Waals surface area contributed by atoms with Crippen molar-refractivity contribution >= 4 is 60.9 Å². The maximum Gasteiger partial charge on any atom is 0.257 e. The summed E-state index contributed by atoms with van der Waals surface area (Å²) in [7, 11) is 5.18. The summed E-state index contributed by atoms with van der Waals surface area (Å²) in [6.07, 6.45) is 9.38. The van der Waals surface area contributed by atoms with Crippen molar-refractivity contribution in [2.24, 2.45) is 15.4 Å². The largest absolute Gasteiger partial charge is 0.493 e. The van der Waals surface area contributed by atoms with Crippen LogP contribution < -0.4 is 23.7 Å². The van der Waals surface area contributed by atoms with E-state index in [4.69, 9.17) is 33.7 Å². The van der Waals surface area contributed by atoms with Crippen LogP contribution in [0.2, 0.25) is 0 Å².